The number of rotatable bonds is 6. The molecule has 7 heteroatoms. The van der Waals surface area contributed by atoms with Crippen LogP contribution >= 0.6 is 0 Å². The molecule has 3 aromatic rings. The van der Waals surface area contributed by atoms with E-state index in [2.05, 4.69) is 5.32 Å². The first-order valence-electron chi connectivity index (χ1n) is 9.69. The summed E-state index contributed by atoms with van der Waals surface area (Å²) in [6.45, 7) is 3.01. The lowest BCUT2D eigenvalue weighted by molar-refractivity contribution is 0.581. The highest BCUT2D eigenvalue weighted by atomic mass is 32.2. The van der Waals surface area contributed by atoms with Crippen LogP contribution in [0, 0.1) is 6.92 Å². The van der Waals surface area contributed by atoms with Crippen molar-refractivity contribution in [2.45, 2.75) is 35.1 Å². The molecule has 4 rings (SSSR count). The maximum Gasteiger partial charge on any atom is 0.186 e. The van der Waals surface area contributed by atoms with Crippen molar-refractivity contribution in [2.75, 3.05) is 5.75 Å². The van der Waals surface area contributed by atoms with E-state index in [1.807, 2.05) is 31.2 Å². The molecule has 156 valence electrons. The number of hydrogen-bond donors (Lipinski definition) is 1. The van der Waals surface area contributed by atoms with Gasteiger partial charge in [-0.15, -0.1) is 0 Å². The first-order valence-corrected chi connectivity index (χ1v) is 12.9. The SMILES string of the molecule is Cc1ccc(CNCc2cccc3c2C(S(=O)(=O)c2ccccc2)CS3(=O)=O)cc1. The third kappa shape index (κ3) is 3.93. The highest BCUT2D eigenvalue weighted by Gasteiger charge is 2.44. The van der Waals surface area contributed by atoms with Gasteiger partial charge in [0, 0.05) is 13.1 Å². The number of sulfone groups is 2. The van der Waals surface area contributed by atoms with Crippen LogP contribution in [0.5, 0.6) is 0 Å². The fraction of sp³-hybridized carbons (Fsp3) is 0.217. The summed E-state index contributed by atoms with van der Waals surface area (Å²) < 4.78 is 52.0. The molecule has 5 nitrogen and oxygen atoms in total. The standard InChI is InChI=1S/C23H23NO4S2/c1-17-10-12-18(13-11-17)14-24-15-19-6-5-9-21-23(19)22(16-29(21,25)26)30(27,28)20-7-3-2-4-8-20/h2-13,22,24H,14-16H2,1H3. The molecule has 1 N–H and O–H groups in total. The van der Waals surface area contributed by atoms with Crippen LogP contribution in [0.25, 0.3) is 0 Å². The molecule has 0 saturated carbocycles. The Bertz CT molecular complexity index is 1270. The fourth-order valence-electron chi connectivity index (χ4n) is 3.82. The minimum Gasteiger partial charge on any atom is -0.309 e. The Morgan fingerprint density at radius 1 is 0.900 bits per heavy atom. The average molecular weight is 442 g/mol. The summed E-state index contributed by atoms with van der Waals surface area (Å²) in [5.41, 5.74) is 3.39. The van der Waals surface area contributed by atoms with Crippen LogP contribution in [-0.2, 0) is 32.8 Å². The number of benzene rings is 3. The fourth-order valence-corrected chi connectivity index (χ4v) is 8.24. The summed E-state index contributed by atoms with van der Waals surface area (Å²) >= 11 is 0. The van der Waals surface area contributed by atoms with Gasteiger partial charge in [-0.3, -0.25) is 0 Å². The molecule has 1 aliphatic heterocycles. The molecule has 30 heavy (non-hydrogen) atoms. The van der Waals surface area contributed by atoms with Gasteiger partial charge < -0.3 is 5.32 Å². The van der Waals surface area contributed by atoms with Gasteiger partial charge in [-0.25, -0.2) is 16.8 Å². The highest BCUT2D eigenvalue weighted by Crippen LogP contribution is 2.42. The van der Waals surface area contributed by atoms with Gasteiger partial charge in [-0.2, -0.15) is 0 Å². The summed E-state index contributed by atoms with van der Waals surface area (Å²) in [5, 5.41) is 2.22. The molecule has 1 atom stereocenters. The van der Waals surface area contributed by atoms with Crippen LogP contribution in [0.15, 0.2) is 82.6 Å². The zero-order valence-electron chi connectivity index (χ0n) is 16.6. The zero-order valence-corrected chi connectivity index (χ0v) is 18.2. The van der Waals surface area contributed by atoms with Crippen molar-refractivity contribution in [1.82, 2.24) is 5.32 Å². The van der Waals surface area contributed by atoms with E-state index in [1.54, 1.807) is 30.3 Å². The Morgan fingerprint density at radius 2 is 1.60 bits per heavy atom. The second-order valence-electron chi connectivity index (χ2n) is 7.55. The normalized spacial score (nSPS) is 17.6. The maximum atomic E-state index is 13.3. The maximum absolute atomic E-state index is 13.3. The minimum atomic E-state index is -3.83. The molecule has 3 aromatic carbocycles. The molecule has 0 bridgehead atoms. The van der Waals surface area contributed by atoms with Gasteiger partial charge in [-0.1, -0.05) is 60.2 Å². The molecule has 1 unspecified atom stereocenters. The van der Waals surface area contributed by atoms with Crippen LogP contribution in [0.2, 0.25) is 0 Å². The first-order chi connectivity index (χ1) is 14.3. The number of nitrogens with one attached hydrogen (secondary N) is 1. The molecule has 0 amide bonds. The molecular formula is C23H23NO4S2. The second kappa shape index (κ2) is 7.98. The molecule has 0 radical (unpaired) electrons. The lowest BCUT2D eigenvalue weighted by Crippen LogP contribution is -2.19. The predicted octanol–water partition coefficient (Wildman–Crippen LogP) is 3.59. The van der Waals surface area contributed by atoms with E-state index in [1.165, 1.54) is 23.8 Å². The molecular weight excluding hydrogens is 418 g/mol. The lowest BCUT2D eigenvalue weighted by atomic mass is 10.0. The Morgan fingerprint density at radius 3 is 2.30 bits per heavy atom. The average Bonchev–Trinajstić information content (AvgIpc) is 3.03. The summed E-state index contributed by atoms with van der Waals surface area (Å²) in [6, 6.07) is 21.2. The smallest absolute Gasteiger partial charge is 0.186 e. The Balaban J connectivity index is 1.67. The largest absolute Gasteiger partial charge is 0.309 e. The molecule has 0 fully saturated rings. The van der Waals surface area contributed by atoms with E-state index in [4.69, 9.17) is 0 Å². The van der Waals surface area contributed by atoms with Crippen molar-refractivity contribution in [2.24, 2.45) is 0 Å². The summed E-state index contributed by atoms with van der Waals surface area (Å²) in [5.74, 6) is -0.422. The van der Waals surface area contributed by atoms with Gasteiger partial charge >= 0.3 is 0 Å². The van der Waals surface area contributed by atoms with Crippen molar-refractivity contribution in [3.05, 3.63) is 95.1 Å². The number of fused-ring (bicyclic) bond motifs is 1. The van der Waals surface area contributed by atoms with Gasteiger partial charge in [0.25, 0.3) is 0 Å². The lowest BCUT2D eigenvalue weighted by Gasteiger charge is -2.16. The topological polar surface area (TPSA) is 80.3 Å². The second-order valence-corrected chi connectivity index (χ2v) is 11.7. The van der Waals surface area contributed by atoms with Crippen LogP contribution in [0.3, 0.4) is 0 Å². The van der Waals surface area contributed by atoms with Gasteiger partial charge in [0.05, 0.1) is 15.5 Å². The van der Waals surface area contributed by atoms with Crippen molar-refractivity contribution in [3.8, 4) is 0 Å². The molecule has 1 aliphatic rings. The quantitative estimate of drug-likeness (QED) is 0.632. The highest BCUT2D eigenvalue weighted by molar-refractivity contribution is 7.96. The Hall–Kier alpha value is -2.48. The minimum absolute atomic E-state index is 0.127. The van der Waals surface area contributed by atoms with Gasteiger partial charge in [0.2, 0.25) is 0 Å². The van der Waals surface area contributed by atoms with E-state index in [9.17, 15) is 16.8 Å². The van der Waals surface area contributed by atoms with Crippen LogP contribution in [0.1, 0.15) is 27.5 Å². The molecule has 0 aromatic heterocycles. The van der Waals surface area contributed by atoms with Crippen LogP contribution in [0.4, 0.5) is 0 Å². The van der Waals surface area contributed by atoms with E-state index in [0.29, 0.717) is 24.2 Å². The van der Waals surface area contributed by atoms with E-state index in [-0.39, 0.29) is 9.79 Å². The van der Waals surface area contributed by atoms with Crippen LogP contribution in [-0.4, -0.2) is 22.6 Å². The van der Waals surface area contributed by atoms with Crippen molar-refractivity contribution >= 4 is 19.7 Å². The van der Waals surface area contributed by atoms with Gasteiger partial charge in [-0.05, 0) is 41.8 Å². The van der Waals surface area contributed by atoms with Gasteiger partial charge in [0.1, 0.15) is 5.25 Å². The van der Waals surface area contributed by atoms with Crippen molar-refractivity contribution in [1.29, 1.82) is 0 Å². The third-order valence-electron chi connectivity index (χ3n) is 5.40. The summed E-state index contributed by atoms with van der Waals surface area (Å²) in [7, 11) is -7.49. The predicted molar refractivity (Wildman–Crippen MR) is 117 cm³/mol. The van der Waals surface area contributed by atoms with E-state index >= 15 is 0 Å². The Kier molecular flexibility index (Phi) is 5.53. The van der Waals surface area contributed by atoms with Crippen molar-refractivity contribution < 1.29 is 16.8 Å². The molecule has 0 saturated heterocycles. The summed E-state index contributed by atoms with van der Waals surface area (Å²) in [4.78, 5) is 0.266. The van der Waals surface area contributed by atoms with Crippen molar-refractivity contribution in [3.63, 3.8) is 0 Å². The first kappa shape index (κ1) is 20.8. The number of aryl methyl sites for hydroxylation is 1. The van der Waals surface area contributed by atoms with Gasteiger partial charge in [0.15, 0.2) is 19.7 Å². The Labute approximate surface area is 177 Å². The monoisotopic (exact) mass is 441 g/mol. The van der Waals surface area contributed by atoms with E-state index in [0.717, 1.165) is 5.56 Å². The number of hydrogen-bond acceptors (Lipinski definition) is 5. The van der Waals surface area contributed by atoms with Crippen LogP contribution < -0.4 is 5.32 Å². The summed E-state index contributed by atoms with van der Waals surface area (Å²) in [6.07, 6.45) is 0. The molecule has 1 heterocycles. The zero-order chi connectivity index (χ0) is 21.4. The van der Waals surface area contributed by atoms with E-state index < -0.39 is 30.7 Å². The third-order valence-corrected chi connectivity index (χ3v) is 9.49. The molecule has 0 aliphatic carbocycles. The molecule has 0 spiro atoms.